The van der Waals surface area contributed by atoms with Gasteiger partial charge in [0.2, 0.25) is 11.8 Å². The molecular formula is C13H15N3O4. The van der Waals surface area contributed by atoms with Gasteiger partial charge in [-0.2, -0.15) is 0 Å². The number of nitrogens with one attached hydrogen (secondary N) is 1. The van der Waals surface area contributed by atoms with Gasteiger partial charge < -0.3 is 21.1 Å². The van der Waals surface area contributed by atoms with Gasteiger partial charge in [0.1, 0.15) is 6.54 Å². The monoisotopic (exact) mass is 277 g/mol. The molecule has 1 aromatic rings. The highest BCUT2D eigenvalue weighted by Gasteiger charge is 2.27. The van der Waals surface area contributed by atoms with E-state index in [-0.39, 0.29) is 31.3 Å². The molecule has 1 atom stereocenters. The lowest BCUT2D eigenvalue weighted by molar-refractivity contribution is -0.137. The Morgan fingerprint density at radius 2 is 2.10 bits per heavy atom. The fraction of sp³-hybridized carbons (Fsp3) is 0.308. The molecule has 7 heteroatoms. The van der Waals surface area contributed by atoms with E-state index in [2.05, 4.69) is 5.32 Å². The van der Waals surface area contributed by atoms with Crippen LogP contribution in [0.1, 0.15) is 18.0 Å². The summed E-state index contributed by atoms with van der Waals surface area (Å²) in [5, 5.41) is 11.3. The lowest BCUT2D eigenvalue weighted by Crippen LogP contribution is -2.52. The molecule has 1 heterocycles. The normalized spacial score (nSPS) is 16.8. The molecule has 0 aromatic heterocycles. The fourth-order valence-electron chi connectivity index (χ4n) is 2.12. The first-order valence-corrected chi connectivity index (χ1v) is 6.12. The number of benzene rings is 1. The summed E-state index contributed by atoms with van der Waals surface area (Å²) < 4.78 is 0. The number of amides is 2. The highest BCUT2D eigenvalue weighted by molar-refractivity contribution is 6.05. The van der Waals surface area contributed by atoms with Crippen molar-refractivity contribution >= 4 is 23.5 Å². The predicted octanol–water partition coefficient (Wildman–Crippen LogP) is -0.376. The van der Waals surface area contributed by atoms with Gasteiger partial charge in [-0.3, -0.25) is 14.4 Å². The van der Waals surface area contributed by atoms with E-state index in [1.807, 2.05) is 0 Å². The van der Waals surface area contributed by atoms with Crippen molar-refractivity contribution < 1.29 is 19.5 Å². The Morgan fingerprint density at radius 3 is 2.80 bits per heavy atom. The van der Waals surface area contributed by atoms with E-state index in [1.165, 1.54) is 4.90 Å². The van der Waals surface area contributed by atoms with Crippen LogP contribution >= 0.6 is 0 Å². The van der Waals surface area contributed by atoms with Crippen molar-refractivity contribution in [1.82, 2.24) is 5.32 Å². The van der Waals surface area contributed by atoms with E-state index in [9.17, 15) is 14.4 Å². The van der Waals surface area contributed by atoms with Gasteiger partial charge in [0, 0.05) is 11.7 Å². The zero-order valence-electron chi connectivity index (χ0n) is 10.7. The second kappa shape index (κ2) is 5.70. The Bertz CT molecular complexity index is 558. The summed E-state index contributed by atoms with van der Waals surface area (Å²) in [5.74, 6) is -1.53. The van der Waals surface area contributed by atoms with Crippen LogP contribution in [0, 0.1) is 0 Å². The number of piperazine rings is 1. The molecule has 0 bridgehead atoms. The molecule has 2 rings (SSSR count). The van der Waals surface area contributed by atoms with Gasteiger partial charge in [-0.05, 0) is 11.6 Å². The first-order chi connectivity index (χ1) is 9.49. The third-order valence-corrected chi connectivity index (χ3v) is 3.06. The quantitative estimate of drug-likeness (QED) is 0.694. The number of hydrogen-bond acceptors (Lipinski definition) is 4. The van der Waals surface area contributed by atoms with Gasteiger partial charge in [0.15, 0.2) is 0 Å². The maximum Gasteiger partial charge on any atom is 0.305 e. The fourth-order valence-corrected chi connectivity index (χ4v) is 2.12. The Kier molecular flexibility index (Phi) is 3.99. The lowest BCUT2D eigenvalue weighted by Gasteiger charge is -2.29. The molecule has 7 nitrogen and oxygen atoms in total. The summed E-state index contributed by atoms with van der Waals surface area (Å²) in [5.41, 5.74) is 6.89. The number of anilines is 1. The standard InChI is InChI=1S/C13H15N3O4/c14-9(5-13(19)20)8-3-1-2-4-10(8)16-7-11(17)15-6-12(16)18/h1-4,9H,5-7,14H2,(H,15,17)(H,19,20). The van der Waals surface area contributed by atoms with Crippen LogP contribution in [0.2, 0.25) is 0 Å². The van der Waals surface area contributed by atoms with Gasteiger partial charge in [-0.25, -0.2) is 0 Å². The molecule has 0 aliphatic carbocycles. The summed E-state index contributed by atoms with van der Waals surface area (Å²) in [7, 11) is 0. The molecule has 0 saturated carbocycles. The molecule has 1 unspecified atom stereocenters. The van der Waals surface area contributed by atoms with Crippen molar-refractivity contribution in [2.24, 2.45) is 5.73 Å². The Labute approximate surface area is 115 Å². The molecule has 0 spiro atoms. The van der Waals surface area contributed by atoms with Gasteiger partial charge >= 0.3 is 5.97 Å². The number of carboxylic acids is 1. The number of para-hydroxylation sites is 1. The van der Waals surface area contributed by atoms with Crippen molar-refractivity contribution in [3.63, 3.8) is 0 Å². The van der Waals surface area contributed by atoms with Crippen LogP contribution in [0.4, 0.5) is 5.69 Å². The third-order valence-electron chi connectivity index (χ3n) is 3.06. The molecule has 1 fully saturated rings. The first kappa shape index (κ1) is 14.0. The van der Waals surface area contributed by atoms with Crippen molar-refractivity contribution in [2.45, 2.75) is 12.5 Å². The number of carboxylic acid groups (broad SMARTS) is 1. The van der Waals surface area contributed by atoms with Gasteiger partial charge in [-0.1, -0.05) is 18.2 Å². The van der Waals surface area contributed by atoms with E-state index >= 15 is 0 Å². The average molecular weight is 277 g/mol. The number of carbonyl (C=O) groups excluding carboxylic acids is 2. The molecule has 1 aliphatic rings. The second-order valence-corrected chi connectivity index (χ2v) is 4.52. The van der Waals surface area contributed by atoms with Crippen molar-refractivity contribution in [3.05, 3.63) is 29.8 Å². The second-order valence-electron chi connectivity index (χ2n) is 4.52. The minimum atomic E-state index is -1.02. The van der Waals surface area contributed by atoms with E-state index in [4.69, 9.17) is 10.8 Å². The van der Waals surface area contributed by atoms with Crippen LogP contribution in [0.5, 0.6) is 0 Å². The molecule has 20 heavy (non-hydrogen) atoms. The molecule has 1 saturated heterocycles. The number of rotatable bonds is 4. The molecular weight excluding hydrogens is 262 g/mol. The van der Waals surface area contributed by atoms with Crippen molar-refractivity contribution in [1.29, 1.82) is 0 Å². The molecule has 2 amide bonds. The number of aliphatic carboxylic acids is 1. The van der Waals surface area contributed by atoms with Crippen molar-refractivity contribution in [3.8, 4) is 0 Å². The minimum absolute atomic E-state index is 0.0681. The van der Waals surface area contributed by atoms with Gasteiger partial charge in [-0.15, -0.1) is 0 Å². The summed E-state index contributed by atoms with van der Waals surface area (Å²) in [6, 6.07) is 6.03. The highest BCUT2D eigenvalue weighted by Crippen LogP contribution is 2.27. The maximum absolute atomic E-state index is 11.9. The summed E-state index contributed by atoms with van der Waals surface area (Å²) in [4.78, 5) is 35.4. The largest absolute Gasteiger partial charge is 0.481 e. The lowest BCUT2D eigenvalue weighted by atomic mass is 10.0. The third kappa shape index (κ3) is 2.94. The first-order valence-electron chi connectivity index (χ1n) is 6.12. The summed E-state index contributed by atoms with van der Waals surface area (Å²) in [6.45, 7) is -0.156. The van der Waals surface area contributed by atoms with E-state index in [0.717, 1.165) is 0 Å². The van der Waals surface area contributed by atoms with Crippen LogP contribution in [-0.4, -0.2) is 36.0 Å². The SMILES string of the molecule is NC(CC(=O)O)c1ccccc1N1CC(=O)NCC1=O. The molecule has 1 aromatic carbocycles. The van der Waals surface area contributed by atoms with E-state index in [1.54, 1.807) is 24.3 Å². The number of carbonyl (C=O) groups is 3. The van der Waals surface area contributed by atoms with Crippen LogP contribution in [0.25, 0.3) is 0 Å². The average Bonchev–Trinajstić information content (AvgIpc) is 2.41. The van der Waals surface area contributed by atoms with Crippen LogP contribution < -0.4 is 16.0 Å². The molecule has 1 aliphatic heterocycles. The molecule has 106 valence electrons. The topological polar surface area (TPSA) is 113 Å². The Morgan fingerprint density at radius 1 is 1.40 bits per heavy atom. The van der Waals surface area contributed by atoms with E-state index in [0.29, 0.717) is 11.3 Å². The Hall–Kier alpha value is -2.41. The van der Waals surface area contributed by atoms with Crippen molar-refractivity contribution in [2.75, 3.05) is 18.0 Å². The maximum atomic E-state index is 11.9. The smallest absolute Gasteiger partial charge is 0.305 e. The zero-order valence-corrected chi connectivity index (χ0v) is 10.7. The predicted molar refractivity (Wildman–Crippen MR) is 71.0 cm³/mol. The number of hydrogen-bond donors (Lipinski definition) is 3. The van der Waals surface area contributed by atoms with Crippen LogP contribution in [0.15, 0.2) is 24.3 Å². The molecule has 0 radical (unpaired) electrons. The summed E-state index contributed by atoms with van der Waals surface area (Å²) in [6.07, 6.45) is -0.245. The zero-order chi connectivity index (χ0) is 14.7. The molecule has 4 N–H and O–H groups in total. The number of nitrogens with two attached hydrogens (primary N) is 1. The highest BCUT2D eigenvalue weighted by atomic mass is 16.4. The number of nitrogens with zero attached hydrogens (tertiary/aromatic N) is 1. The van der Waals surface area contributed by atoms with Crippen LogP contribution in [-0.2, 0) is 14.4 Å². The van der Waals surface area contributed by atoms with Gasteiger partial charge in [0.25, 0.3) is 0 Å². The summed E-state index contributed by atoms with van der Waals surface area (Å²) >= 11 is 0. The minimum Gasteiger partial charge on any atom is -0.481 e. The Balaban J connectivity index is 2.33. The van der Waals surface area contributed by atoms with Gasteiger partial charge in [0.05, 0.1) is 13.0 Å². The van der Waals surface area contributed by atoms with E-state index < -0.39 is 12.0 Å². The van der Waals surface area contributed by atoms with Crippen LogP contribution in [0.3, 0.4) is 0 Å².